The average molecular weight is 205 g/mol. The molecule has 15 heavy (non-hydrogen) atoms. The van der Waals surface area contributed by atoms with Crippen LogP contribution in [-0.2, 0) is 0 Å². The predicted octanol–water partition coefficient (Wildman–Crippen LogP) is 3.44. The van der Waals surface area contributed by atoms with Gasteiger partial charge in [-0.1, -0.05) is 26.8 Å². The molecule has 0 aromatic rings. The summed E-state index contributed by atoms with van der Waals surface area (Å²) in [6, 6.07) is 0.354. The van der Waals surface area contributed by atoms with Gasteiger partial charge in [0.15, 0.2) is 0 Å². The molecule has 1 N–H and O–H groups in total. The maximum Gasteiger partial charge on any atom is 0.0446 e. The van der Waals surface area contributed by atoms with E-state index in [-0.39, 0.29) is 11.0 Å². The fraction of sp³-hybridized carbons (Fsp3) is 0.643. The summed E-state index contributed by atoms with van der Waals surface area (Å²) in [6.45, 7) is 13.4. The van der Waals surface area contributed by atoms with Gasteiger partial charge in [-0.2, -0.15) is 0 Å². The molecule has 1 nitrogen and oxygen atoms in total. The summed E-state index contributed by atoms with van der Waals surface area (Å²) in [5, 5.41) is 3.67. The maximum atomic E-state index is 3.67. The number of nitrogens with one attached hydrogen (secondary N) is 1. The highest BCUT2D eigenvalue weighted by atomic mass is 15.0. The monoisotopic (exact) mass is 205 g/mol. The van der Waals surface area contributed by atoms with Crippen molar-refractivity contribution in [3.8, 4) is 0 Å². The molecular weight excluding hydrogens is 182 g/mol. The molecule has 0 spiro atoms. The quantitative estimate of drug-likeness (QED) is 0.681. The second-order valence-electron chi connectivity index (χ2n) is 6.32. The zero-order valence-electron chi connectivity index (χ0n) is 10.8. The second kappa shape index (κ2) is 4.00. The lowest BCUT2D eigenvalue weighted by Gasteiger charge is -2.37. The summed E-state index contributed by atoms with van der Waals surface area (Å²) in [5.74, 6) is 0. The van der Waals surface area contributed by atoms with E-state index in [9.17, 15) is 0 Å². The van der Waals surface area contributed by atoms with Crippen molar-refractivity contribution in [2.75, 3.05) is 0 Å². The zero-order valence-corrected chi connectivity index (χ0v) is 10.8. The fourth-order valence-corrected chi connectivity index (χ4v) is 1.72. The van der Waals surface area contributed by atoms with Crippen LogP contribution in [0, 0.1) is 5.41 Å². The first-order valence-corrected chi connectivity index (χ1v) is 5.61. The number of allylic oxidation sites excluding steroid dienone is 1. The highest BCUT2D eigenvalue weighted by Gasteiger charge is 2.30. The minimum Gasteiger partial charge on any atom is -0.304 e. The topological polar surface area (TPSA) is 12.0 Å². The molecule has 1 heteroatoms. The van der Waals surface area contributed by atoms with Crippen molar-refractivity contribution >= 4 is 0 Å². The Balaban J connectivity index is 2.90. The molecule has 0 amide bonds. The van der Waals surface area contributed by atoms with E-state index in [4.69, 9.17) is 0 Å². The van der Waals surface area contributed by atoms with E-state index in [0.29, 0.717) is 6.04 Å². The third-order valence-corrected chi connectivity index (χ3v) is 2.38. The molecule has 0 aromatic heterocycles. The number of hydrogen-bond acceptors (Lipinski definition) is 1. The van der Waals surface area contributed by atoms with Crippen molar-refractivity contribution in [1.82, 2.24) is 5.32 Å². The Morgan fingerprint density at radius 3 is 2.07 bits per heavy atom. The molecule has 0 fully saturated rings. The minimum atomic E-state index is 0.128. The summed E-state index contributed by atoms with van der Waals surface area (Å²) < 4.78 is 0. The predicted molar refractivity (Wildman–Crippen MR) is 66.9 cm³/mol. The molecule has 0 radical (unpaired) electrons. The van der Waals surface area contributed by atoms with Crippen molar-refractivity contribution in [3.05, 3.63) is 29.5 Å². The van der Waals surface area contributed by atoms with Crippen LogP contribution < -0.4 is 5.32 Å². The van der Waals surface area contributed by atoms with Crippen LogP contribution in [-0.4, -0.2) is 11.6 Å². The van der Waals surface area contributed by atoms with E-state index in [1.54, 1.807) is 0 Å². The van der Waals surface area contributed by atoms with Gasteiger partial charge in [0.25, 0.3) is 0 Å². The zero-order chi connectivity index (χ0) is 11.7. The van der Waals surface area contributed by atoms with E-state index < -0.39 is 0 Å². The van der Waals surface area contributed by atoms with Crippen LogP contribution in [0.4, 0.5) is 0 Å². The largest absolute Gasteiger partial charge is 0.304 e. The van der Waals surface area contributed by atoms with Gasteiger partial charge in [-0.25, -0.2) is 0 Å². The van der Waals surface area contributed by atoms with Gasteiger partial charge < -0.3 is 5.32 Å². The van der Waals surface area contributed by atoms with Gasteiger partial charge in [-0.3, -0.25) is 0 Å². The molecule has 0 heterocycles. The fourth-order valence-electron chi connectivity index (χ4n) is 1.72. The molecule has 84 valence electrons. The molecule has 0 aliphatic heterocycles. The Bertz CT molecular complexity index is 314. The van der Waals surface area contributed by atoms with E-state index >= 15 is 0 Å². The molecule has 1 rings (SSSR count). The average Bonchev–Trinajstić information content (AvgIpc) is 2.47. The third kappa shape index (κ3) is 3.70. The van der Waals surface area contributed by atoms with Gasteiger partial charge in [0, 0.05) is 17.2 Å². The highest BCUT2D eigenvalue weighted by Crippen LogP contribution is 2.28. The molecule has 1 aliphatic rings. The third-order valence-electron chi connectivity index (χ3n) is 2.38. The first-order chi connectivity index (χ1) is 6.70. The smallest absolute Gasteiger partial charge is 0.0446 e. The van der Waals surface area contributed by atoms with Crippen LogP contribution in [0.2, 0.25) is 0 Å². The van der Waals surface area contributed by atoms with Crippen LogP contribution in [0.3, 0.4) is 0 Å². The lowest BCUT2D eigenvalue weighted by Crippen LogP contribution is -2.50. The normalized spacial score (nSPS) is 18.1. The maximum absolute atomic E-state index is 3.67. The second-order valence-corrected chi connectivity index (χ2v) is 6.32. The van der Waals surface area contributed by atoms with Crippen LogP contribution in [0.5, 0.6) is 0 Å². The Morgan fingerprint density at radius 1 is 1.13 bits per heavy atom. The molecule has 0 bridgehead atoms. The first kappa shape index (κ1) is 12.3. The number of hydrogen-bond donors (Lipinski definition) is 1. The molecule has 0 aromatic carbocycles. The van der Waals surface area contributed by atoms with Crippen LogP contribution in [0.1, 0.15) is 41.5 Å². The van der Waals surface area contributed by atoms with Crippen molar-refractivity contribution in [1.29, 1.82) is 0 Å². The summed E-state index contributed by atoms with van der Waals surface area (Å²) in [6.07, 6.45) is 6.19. The summed E-state index contributed by atoms with van der Waals surface area (Å²) in [5.41, 5.74) is 4.90. The Kier molecular flexibility index (Phi) is 3.28. The van der Waals surface area contributed by atoms with E-state index in [0.717, 1.165) is 0 Å². The summed E-state index contributed by atoms with van der Waals surface area (Å²) in [7, 11) is 0. The summed E-state index contributed by atoms with van der Waals surface area (Å²) >= 11 is 0. The van der Waals surface area contributed by atoms with Gasteiger partial charge in [-0.05, 0) is 38.3 Å². The molecule has 1 atom stereocenters. The Hall–Kier alpha value is -0.780. The van der Waals surface area contributed by atoms with Crippen molar-refractivity contribution in [3.63, 3.8) is 0 Å². The lowest BCUT2D eigenvalue weighted by atomic mass is 9.81. The SMILES string of the molecule is CC(C)(C)N[C@H](C1=C=CC=C1)C(C)(C)C. The van der Waals surface area contributed by atoms with E-state index in [1.807, 2.05) is 6.08 Å². The minimum absolute atomic E-state index is 0.128. The van der Waals surface area contributed by atoms with Gasteiger partial charge in [0.2, 0.25) is 0 Å². The Labute approximate surface area is 94.0 Å². The number of rotatable bonds is 2. The van der Waals surface area contributed by atoms with E-state index in [1.165, 1.54) is 5.57 Å². The van der Waals surface area contributed by atoms with Gasteiger partial charge >= 0.3 is 0 Å². The van der Waals surface area contributed by atoms with Crippen molar-refractivity contribution in [2.24, 2.45) is 5.41 Å². The summed E-state index contributed by atoms with van der Waals surface area (Å²) in [4.78, 5) is 0. The van der Waals surface area contributed by atoms with Crippen LogP contribution in [0.15, 0.2) is 29.5 Å². The molecule has 0 unspecified atom stereocenters. The van der Waals surface area contributed by atoms with Gasteiger partial charge in [0.05, 0.1) is 0 Å². The Morgan fingerprint density at radius 2 is 1.73 bits per heavy atom. The van der Waals surface area contributed by atoms with Crippen LogP contribution >= 0.6 is 0 Å². The van der Waals surface area contributed by atoms with E-state index in [2.05, 4.69) is 64.7 Å². The molecule has 1 aliphatic carbocycles. The van der Waals surface area contributed by atoms with Crippen molar-refractivity contribution < 1.29 is 0 Å². The molecular formula is C14H23N. The lowest BCUT2D eigenvalue weighted by molar-refractivity contribution is 0.251. The standard InChI is InChI=1S/C14H23N/c1-13(2,3)12(15-14(4,5)6)11-9-7-8-10-11/h7-9,12,15H,1-6H3/t12-/m1/s1. The molecule has 0 saturated carbocycles. The van der Waals surface area contributed by atoms with Gasteiger partial charge in [0.1, 0.15) is 0 Å². The van der Waals surface area contributed by atoms with Crippen molar-refractivity contribution in [2.45, 2.75) is 53.1 Å². The van der Waals surface area contributed by atoms with Gasteiger partial charge in [-0.15, -0.1) is 5.73 Å². The first-order valence-electron chi connectivity index (χ1n) is 5.61. The molecule has 0 saturated heterocycles. The van der Waals surface area contributed by atoms with Crippen LogP contribution in [0.25, 0.3) is 0 Å². The highest BCUT2D eigenvalue weighted by molar-refractivity contribution is 5.34.